The van der Waals surface area contributed by atoms with Crippen molar-refractivity contribution in [1.82, 2.24) is 9.97 Å². The third-order valence-corrected chi connectivity index (χ3v) is 5.43. The summed E-state index contributed by atoms with van der Waals surface area (Å²) in [6.07, 6.45) is 4.63. The summed E-state index contributed by atoms with van der Waals surface area (Å²) in [6.45, 7) is 3.00. The molecule has 1 aliphatic heterocycles. The Morgan fingerprint density at radius 2 is 1.83 bits per heavy atom. The van der Waals surface area contributed by atoms with Crippen molar-refractivity contribution in [3.05, 3.63) is 36.3 Å². The van der Waals surface area contributed by atoms with Crippen molar-refractivity contribution < 1.29 is 18.3 Å². The number of anilines is 3. The van der Waals surface area contributed by atoms with Crippen LogP contribution in [0.5, 0.6) is 5.88 Å². The molecule has 0 unspecified atom stereocenters. The first-order chi connectivity index (χ1) is 14.1. The lowest BCUT2D eigenvalue weighted by Gasteiger charge is -2.29. The molecule has 6 nitrogen and oxygen atoms in total. The number of hydrogen-bond donors (Lipinski definition) is 1. The van der Waals surface area contributed by atoms with Crippen molar-refractivity contribution in [1.29, 1.82) is 0 Å². The molecule has 2 aliphatic rings. The maximum absolute atomic E-state index is 14.7. The third kappa shape index (κ3) is 5.12. The lowest BCUT2D eigenvalue weighted by atomic mass is 9.87. The zero-order valence-electron chi connectivity index (χ0n) is 16.4. The Bertz CT molecular complexity index is 807. The van der Waals surface area contributed by atoms with Gasteiger partial charge >= 0.3 is 0 Å². The van der Waals surface area contributed by atoms with E-state index in [1.807, 2.05) is 24.3 Å². The van der Waals surface area contributed by atoms with E-state index in [-0.39, 0.29) is 18.4 Å². The Balaban J connectivity index is 1.39. The van der Waals surface area contributed by atoms with Crippen LogP contribution < -0.4 is 15.0 Å². The standard InChI is InChI=1S/C21H26F2N4O2/c22-18-14-24-20(26-19(18)29-15-21(23)8-2-1-3-9-21)25-16-4-6-17(7-5-16)27-10-12-28-13-11-27/h4-7,14H,1-3,8-13,15H2,(H,24,25,26). The van der Waals surface area contributed by atoms with Crippen LogP contribution in [-0.4, -0.2) is 48.5 Å². The molecule has 2 fully saturated rings. The van der Waals surface area contributed by atoms with Crippen LogP contribution in [0.1, 0.15) is 32.1 Å². The van der Waals surface area contributed by atoms with Gasteiger partial charge < -0.3 is 19.7 Å². The molecule has 2 aromatic rings. The molecule has 1 aromatic carbocycles. The number of rotatable bonds is 6. The molecule has 0 radical (unpaired) electrons. The highest BCUT2D eigenvalue weighted by Gasteiger charge is 2.33. The van der Waals surface area contributed by atoms with E-state index in [0.717, 1.165) is 63.1 Å². The summed E-state index contributed by atoms with van der Waals surface area (Å²) in [4.78, 5) is 10.3. The topological polar surface area (TPSA) is 59.5 Å². The van der Waals surface area contributed by atoms with E-state index >= 15 is 0 Å². The quantitative estimate of drug-likeness (QED) is 0.777. The number of nitrogens with one attached hydrogen (secondary N) is 1. The minimum absolute atomic E-state index is 0.186. The Morgan fingerprint density at radius 1 is 1.10 bits per heavy atom. The van der Waals surface area contributed by atoms with Gasteiger partial charge in [-0.25, -0.2) is 9.37 Å². The van der Waals surface area contributed by atoms with Crippen molar-refractivity contribution in [3.63, 3.8) is 0 Å². The van der Waals surface area contributed by atoms with E-state index in [1.54, 1.807) is 0 Å². The average Bonchev–Trinajstić information content (AvgIpc) is 2.76. The van der Waals surface area contributed by atoms with Crippen molar-refractivity contribution in [2.24, 2.45) is 0 Å². The van der Waals surface area contributed by atoms with Crippen molar-refractivity contribution in [2.75, 3.05) is 43.1 Å². The molecule has 1 N–H and O–H groups in total. The first-order valence-corrected chi connectivity index (χ1v) is 10.2. The van der Waals surface area contributed by atoms with Gasteiger partial charge in [-0.15, -0.1) is 0 Å². The summed E-state index contributed by atoms with van der Waals surface area (Å²) in [5, 5.41) is 3.04. The fourth-order valence-electron chi connectivity index (χ4n) is 3.75. The largest absolute Gasteiger partial charge is 0.472 e. The zero-order chi connectivity index (χ0) is 20.1. The molecule has 0 atom stereocenters. The summed E-state index contributed by atoms with van der Waals surface area (Å²) in [6, 6.07) is 7.84. The zero-order valence-corrected chi connectivity index (χ0v) is 16.4. The van der Waals surface area contributed by atoms with E-state index < -0.39 is 11.5 Å². The van der Waals surface area contributed by atoms with Crippen LogP contribution in [0.4, 0.5) is 26.1 Å². The summed E-state index contributed by atoms with van der Waals surface area (Å²) >= 11 is 0. The Kier molecular flexibility index (Phi) is 6.08. The van der Waals surface area contributed by atoms with Crippen LogP contribution in [0.3, 0.4) is 0 Å². The van der Waals surface area contributed by atoms with E-state index in [1.165, 1.54) is 0 Å². The van der Waals surface area contributed by atoms with E-state index in [2.05, 4.69) is 20.2 Å². The minimum Gasteiger partial charge on any atom is -0.472 e. The highest BCUT2D eigenvalue weighted by atomic mass is 19.1. The van der Waals surface area contributed by atoms with Gasteiger partial charge in [-0.3, -0.25) is 0 Å². The van der Waals surface area contributed by atoms with E-state index in [9.17, 15) is 8.78 Å². The normalized spacial score (nSPS) is 19.0. The molecule has 1 aliphatic carbocycles. The number of hydrogen-bond acceptors (Lipinski definition) is 6. The van der Waals surface area contributed by atoms with E-state index in [4.69, 9.17) is 9.47 Å². The Hall–Kier alpha value is -2.48. The fourth-order valence-corrected chi connectivity index (χ4v) is 3.75. The Morgan fingerprint density at radius 3 is 2.55 bits per heavy atom. The fraction of sp³-hybridized carbons (Fsp3) is 0.524. The molecule has 8 heteroatoms. The second-order valence-corrected chi connectivity index (χ2v) is 7.62. The molecule has 0 bridgehead atoms. The van der Waals surface area contributed by atoms with Gasteiger partial charge in [0.25, 0.3) is 5.88 Å². The lowest BCUT2D eigenvalue weighted by Crippen LogP contribution is -2.36. The molecule has 1 saturated heterocycles. The summed E-state index contributed by atoms with van der Waals surface area (Å²) in [5.41, 5.74) is 0.482. The van der Waals surface area contributed by atoms with Crippen LogP contribution in [0.25, 0.3) is 0 Å². The minimum atomic E-state index is -1.40. The first-order valence-electron chi connectivity index (χ1n) is 10.2. The second-order valence-electron chi connectivity index (χ2n) is 7.62. The summed E-state index contributed by atoms with van der Waals surface area (Å²) in [7, 11) is 0. The van der Waals surface area contributed by atoms with Gasteiger partial charge in [0.05, 0.1) is 19.4 Å². The van der Waals surface area contributed by atoms with Crippen molar-refractivity contribution in [3.8, 4) is 5.88 Å². The number of aromatic nitrogens is 2. The first kappa shape index (κ1) is 19.8. The summed E-state index contributed by atoms with van der Waals surface area (Å²) < 4.78 is 39.5. The monoisotopic (exact) mass is 404 g/mol. The summed E-state index contributed by atoms with van der Waals surface area (Å²) in [5.74, 6) is -0.718. The molecular formula is C21H26F2N4O2. The number of benzene rings is 1. The smallest absolute Gasteiger partial charge is 0.255 e. The van der Waals surface area contributed by atoms with Crippen molar-refractivity contribution >= 4 is 17.3 Å². The predicted molar refractivity (Wildman–Crippen MR) is 107 cm³/mol. The molecule has 0 spiro atoms. The van der Waals surface area contributed by atoms with Gasteiger partial charge in [0.2, 0.25) is 11.8 Å². The van der Waals surface area contributed by atoms with Crippen molar-refractivity contribution in [2.45, 2.75) is 37.8 Å². The molecule has 156 valence electrons. The predicted octanol–water partition coefficient (Wildman–Crippen LogP) is 4.25. The van der Waals surface area contributed by atoms with E-state index in [0.29, 0.717) is 12.8 Å². The maximum atomic E-state index is 14.7. The molecule has 29 heavy (non-hydrogen) atoms. The van der Waals surface area contributed by atoms with Gasteiger partial charge in [0, 0.05) is 24.5 Å². The number of halogens is 2. The van der Waals surface area contributed by atoms with Crippen LogP contribution >= 0.6 is 0 Å². The number of alkyl halides is 1. The second kappa shape index (κ2) is 8.90. The van der Waals surface area contributed by atoms with Crippen LogP contribution in [-0.2, 0) is 4.74 Å². The molecular weight excluding hydrogens is 378 g/mol. The number of morpholine rings is 1. The highest BCUT2D eigenvalue weighted by Crippen LogP contribution is 2.32. The van der Waals surface area contributed by atoms with Crippen LogP contribution in [0.15, 0.2) is 30.5 Å². The Labute approximate surface area is 169 Å². The highest BCUT2D eigenvalue weighted by molar-refractivity contribution is 5.59. The number of nitrogens with zero attached hydrogens (tertiary/aromatic N) is 3. The van der Waals surface area contributed by atoms with Crippen LogP contribution in [0.2, 0.25) is 0 Å². The lowest BCUT2D eigenvalue weighted by molar-refractivity contribution is 0.0439. The van der Waals surface area contributed by atoms with Gasteiger partial charge in [-0.1, -0.05) is 19.3 Å². The molecule has 0 amide bonds. The average molecular weight is 404 g/mol. The van der Waals surface area contributed by atoms with Crippen LogP contribution in [0, 0.1) is 5.82 Å². The maximum Gasteiger partial charge on any atom is 0.255 e. The third-order valence-electron chi connectivity index (χ3n) is 5.43. The van der Waals surface area contributed by atoms with Gasteiger partial charge in [0.15, 0.2) is 0 Å². The van der Waals surface area contributed by atoms with Gasteiger partial charge in [-0.05, 0) is 37.1 Å². The number of ether oxygens (including phenoxy) is 2. The molecule has 1 saturated carbocycles. The van der Waals surface area contributed by atoms with Gasteiger partial charge in [0.1, 0.15) is 12.3 Å². The molecule has 1 aromatic heterocycles. The van der Waals surface area contributed by atoms with Gasteiger partial charge in [-0.2, -0.15) is 9.37 Å². The molecule has 4 rings (SSSR count). The SMILES string of the molecule is Fc1cnc(Nc2ccc(N3CCOCC3)cc2)nc1OCC1(F)CCCCC1. The molecule has 2 heterocycles.